The summed E-state index contributed by atoms with van der Waals surface area (Å²) in [5, 5.41) is 10.1. The minimum Gasteiger partial charge on any atom is -0.493 e. The molecule has 0 spiro atoms. The molecular formula is C39H51FN4O7. The summed E-state index contributed by atoms with van der Waals surface area (Å²) >= 11 is 0. The van der Waals surface area contributed by atoms with Crippen molar-refractivity contribution in [3.8, 4) is 23.0 Å². The summed E-state index contributed by atoms with van der Waals surface area (Å²) in [4.78, 5) is 36.0. The van der Waals surface area contributed by atoms with Gasteiger partial charge in [-0.25, -0.2) is 4.39 Å². The average Bonchev–Trinajstić information content (AvgIpc) is 3.39. The maximum atomic E-state index is 13.9. The van der Waals surface area contributed by atoms with E-state index >= 15 is 0 Å². The van der Waals surface area contributed by atoms with Gasteiger partial charge in [-0.15, -0.1) is 0 Å². The number of amides is 2. The number of methoxy groups -OCH3 is 2. The highest BCUT2D eigenvalue weighted by atomic mass is 19.1. The number of aliphatic hydroxyl groups excluding tert-OH is 1. The number of allylic oxidation sites excluding steroid dienone is 1. The zero-order valence-electron chi connectivity index (χ0n) is 31.0. The van der Waals surface area contributed by atoms with Gasteiger partial charge in [0, 0.05) is 50.8 Å². The lowest BCUT2D eigenvalue weighted by atomic mass is 9.78. The van der Waals surface area contributed by atoms with E-state index in [0.29, 0.717) is 65.3 Å². The lowest BCUT2D eigenvalue weighted by Crippen LogP contribution is -2.41. The van der Waals surface area contributed by atoms with E-state index < -0.39 is 6.04 Å². The number of nitrogens with zero attached hydrogens (tertiary/aromatic N) is 4. The van der Waals surface area contributed by atoms with Crippen LogP contribution in [0.3, 0.4) is 0 Å². The van der Waals surface area contributed by atoms with Crippen LogP contribution >= 0.6 is 0 Å². The SMILES string of the molecule is C/C=C\N1CC(CO)N(C)c2cc(OCCC(C)(C)CCC(C)(C)COc3cc4c(cc3OC)C(=O)N3C=C(F)CC3C=N4)c(OC)cc2C1=O. The lowest BCUT2D eigenvalue weighted by Gasteiger charge is -2.31. The third-order valence-electron chi connectivity index (χ3n) is 9.95. The molecule has 3 heterocycles. The van der Waals surface area contributed by atoms with Gasteiger partial charge in [0.2, 0.25) is 0 Å². The van der Waals surface area contributed by atoms with Gasteiger partial charge < -0.3 is 38.8 Å². The molecule has 2 atom stereocenters. The molecule has 276 valence electrons. The Morgan fingerprint density at radius 3 is 2.25 bits per heavy atom. The summed E-state index contributed by atoms with van der Waals surface area (Å²) < 4.78 is 37.7. The Bertz CT molecular complexity index is 1720. The molecule has 0 radical (unpaired) electrons. The van der Waals surface area contributed by atoms with Crippen LogP contribution in [0.2, 0.25) is 0 Å². The number of ether oxygens (including phenoxy) is 4. The number of likely N-dealkylation sites (N-methyl/N-ethyl adjacent to an activating group) is 1. The molecule has 1 N–H and O–H groups in total. The van der Waals surface area contributed by atoms with Crippen molar-refractivity contribution in [2.75, 3.05) is 52.5 Å². The van der Waals surface area contributed by atoms with E-state index in [1.165, 1.54) is 18.2 Å². The monoisotopic (exact) mass is 706 g/mol. The highest BCUT2D eigenvalue weighted by Gasteiger charge is 2.35. The normalized spacial score (nSPS) is 19.0. The molecule has 12 heteroatoms. The van der Waals surface area contributed by atoms with Crippen LogP contribution in [0.4, 0.5) is 15.8 Å². The summed E-state index contributed by atoms with van der Waals surface area (Å²) in [6.45, 7) is 11.7. The smallest absolute Gasteiger partial charge is 0.260 e. The summed E-state index contributed by atoms with van der Waals surface area (Å²) in [6, 6.07) is 6.16. The van der Waals surface area contributed by atoms with E-state index in [4.69, 9.17) is 18.9 Å². The van der Waals surface area contributed by atoms with Gasteiger partial charge in [-0.1, -0.05) is 33.8 Å². The van der Waals surface area contributed by atoms with Crippen LogP contribution in [-0.4, -0.2) is 92.7 Å². The quantitative estimate of drug-likeness (QED) is 0.226. The molecule has 2 aromatic carbocycles. The predicted octanol–water partition coefficient (Wildman–Crippen LogP) is 6.91. The van der Waals surface area contributed by atoms with Crippen LogP contribution in [0.1, 0.15) is 81.0 Å². The van der Waals surface area contributed by atoms with Gasteiger partial charge in [-0.3, -0.25) is 14.6 Å². The predicted molar refractivity (Wildman–Crippen MR) is 195 cm³/mol. The van der Waals surface area contributed by atoms with Crippen LogP contribution in [0.15, 0.2) is 53.6 Å². The topological polar surface area (TPSA) is 113 Å². The largest absolute Gasteiger partial charge is 0.493 e. The van der Waals surface area contributed by atoms with E-state index in [0.717, 1.165) is 19.3 Å². The first-order valence-corrected chi connectivity index (χ1v) is 17.4. The Morgan fingerprint density at radius 1 is 0.922 bits per heavy atom. The van der Waals surface area contributed by atoms with Crippen LogP contribution in [0.25, 0.3) is 0 Å². The first-order chi connectivity index (χ1) is 24.2. The van der Waals surface area contributed by atoms with Crippen molar-refractivity contribution in [1.29, 1.82) is 0 Å². The number of aliphatic hydroxyl groups is 1. The zero-order valence-corrected chi connectivity index (χ0v) is 31.0. The van der Waals surface area contributed by atoms with Crippen molar-refractivity contribution in [3.63, 3.8) is 0 Å². The molecule has 0 bridgehead atoms. The Balaban J connectivity index is 1.20. The maximum absolute atomic E-state index is 13.9. The van der Waals surface area contributed by atoms with Crippen molar-refractivity contribution >= 4 is 29.4 Å². The Morgan fingerprint density at radius 2 is 1.59 bits per heavy atom. The average molecular weight is 707 g/mol. The third kappa shape index (κ3) is 8.32. The van der Waals surface area contributed by atoms with Crippen LogP contribution in [0, 0.1) is 10.8 Å². The molecule has 0 fully saturated rings. The summed E-state index contributed by atoms with van der Waals surface area (Å²) in [6.07, 6.45) is 9.05. The molecule has 2 aromatic rings. The summed E-state index contributed by atoms with van der Waals surface area (Å²) in [7, 11) is 4.96. The number of anilines is 1. The van der Waals surface area contributed by atoms with Gasteiger partial charge in [0.05, 0.1) is 68.6 Å². The van der Waals surface area contributed by atoms with Gasteiger partial charge in [-0.2, -0.15) is 0 Å². The Kier molecular flexibility index (Phi) is 11.3. The first kappa shape index (κ1) is 37.7. The van der Waals surface area contributed by atoms with E-state index in [2.05, 4.69) is 32.7 Å². The fourth-order valence-electron chi connectivity index (χ4n) is 6.48. The highest BCUT2D eigenvalue weighted by molar-refractivity contribution is 6.04. The van der Waals surface area contributed by atoms with Gasteiger partial charge >= 0.3 is 0 Å². The maximum Gasteiger partial charge on any atom is 0.260 e. The number of hydrogen-bond acceptors (Lipinski definition) is 9. The van der Waals surface area contributed by atoms with Crippen molar-refractivity contribution in [2.45, 2.75) is 72.4 Å². The number of rotatable bonds is 14. The molecule has 11 nitrogen and oxygen atoms in total. The number of benzene rings is 2. The molecule has 5 rings (SSSR count). The second-order valence-corrected chi connectivity index (χ2v) is 15.0. The minimum absolute atomic E-state index is 0.0594. The zero-order chi connectivity index (χ0) is 37.1. The summed E-state index contributed by atoms with van der Waals surface area (Å²) in [5.74, 6) is 1.09. The van der Waals surface area contributed by atoms with E-state index in [1.54, 1.807) is 48.7 Å². The number of aliphatic imine (C=N–C) groups is 1. The second kappa shape index (κ2) is 15.3. The molecule has 51 heavy (non-hydrogen) atoms. The van der Waals surface area contributed by atoms with E-state index in [9.17, 15) is 19.1 Å². The molecule has 2 unspecified atom stereocenters. The van der Waals surface area contributed by atoms with Crippen molar-refractivity contribution in [2.24, 2.45) is 15.8 Å². The van der Waals surface area contributed by atoms with Gasteiger partial charge in [0.15, 0.2) is 23.0 Å². The number of hydrogen-bond donors (Lipinski definition) is 1. The molecule has 3 aliphatic rings. The summed E-state index contributed by atoms with van der Waals surface area (Å²) in [5.41, 5.74) is 1.71. The van der Waals surface area contributed by atoms with Gasteiger partial charge in [-0.05, 0) is 49.1 Å². The standard InChI is InChI=1S/C39H51FN4O7/c1-9-13-43-22-27(23-45)42(6)31-19-35(33(49-8)17-29(31)36(43)46)50-14-12-38(2,3)10-11-39(4,5)24-51-34-18-30-28(16-32(34)48-7)37(47)44-21-25(40)15-26(44)20-41-30/h9,13,16-21,26-27,45H,10-12,14-15,22-24H2,1-8H3/b13-9-. The second-order valence-electron chi connectivity index (χ2n) is 15.0. The molecule has 0 aromatic heterocycles. The van der Waals surface area contributed by atoms with Crippen molar-refractivity contribution in [1.82, 2.24) is 9.80 Å². The lowest BCUT2D eigenvalue weighted by molar-refractivity contribution is 0.0807. The van der Waals surface area contributed by atoms with Crippen LogP contribution in [0.5, 0.6) is 23.0 Å². The van der Waals surface area contributed by atoms with Crippen LogP contribution in [-0.2, 0) is 0 Å². The third-order valence-corrected chi connectivity index (χ3v) is 9.95. The van der Waals surface area contributed by atoms with Crippen molar-refractivity contribution in [3.05, 3.63) is 59.7 Å². The van der Waals surface area contributed by atoms with Gasteiger partial charge in [0.25, 0.3) is 11.8 Å². The van der Waals surface area contributed by atoms with Crippen LogP contribution < -0.4 is 23.8 Å². The Hall–Kier alpha value is -4.58. The number of carbonyl (C=O) groups is 2. The molecule has 2 amide bonds. The number of carbonyl (C=O) groups excluding carboxylic acids is 2. The Labute approximate surface area is 300 Å². The fraction of sp³-hybridized carbons (Fsp3) is 0.513. The molecule has 0 aliphatic carbocycles. The molecular weight excluding hydrogens is 655 g/mol. The molecule has 0 saturated carbocycles. The number of halogens is 1. The first-order valence-electron chi connectivity index (χ1n) is 17.4. The number of fused-ring (bicyclic) bond motifs is 3. The molecule has 3 aliphatic heterocycles. The minimum atomic E-state index is -0.445. The van der Waals surface area contributed by atoms with Crippen molar-refractivity contribution < 1.29 is 38.0 Å². The van der Waals surface area contributed by atoms with Gasteiger partial charge in [0.1, 0.15) is 5.83 Å². The highest BCUT2D eigenvalue weighted by Crippen LogP contribution is 2.42. The fourth-order valence-corrected chi connectivity index (χ4v) is 6.48. The van der Waals surface area contributed by atoms with E-state index in [-0.39, 0.29) is 47.5 Å². The molecule has 0 saturated heterocycles. The van der Waals surface area contributed by atoms with E-state index in [1.807, 2.05) is 24.9 Å².